The van der Waals surface area contributed by atoms with E-state index in [0.717, 1.165) is 25.7 Å². The van der Waals surface area contributed by atoms with Crippen molar-refractivity contribution in [2.45, 2.75) is 57.7 Å². The molecule has 1 aromatic carbocycles. The standard InChI is InChI=1S/C16H22O5/c1-10-5-3-2-4-6-13(18)16-11(8-15(20)21-10)7-12(17)9-14(16)19/h7,9-10,13,17-19H,2-6,8H2,1H3/t10-,13-/m0/s1. The Hall–Kier alpha value is -1.75. The van der Waals surface area contributed by atoms with E-state index in [4.69, 9.17) is 4.74 Å². The number of carbonyl (C=O) groups excluding carboxylic acids is 1. The lowest BCUT2D eigenvalue weighted by atomic mass is 9.94. The van der Waals surface area contributed by atoms with Gasteiger partial charge in [-0.05, 0) is 37.8 Å². The summed E-state index contributed by atoms with van der Waals surface area (Å²) < 4.78 is 5.31. The van der Waals surface area contributed by atoms with E-state index in [1.165, 1.54) is 12.1 Å². The van der Waals surface area contributed by atoms with Crippen molar-refractivity contribution in [3.05, 3.63) is 23.3 Å². The van der Waals surface area contributed by atoms with Crippen molar-refractivity contribution in [2.75, 3.05) is 0 Å². The molecule has 0 bridgehead atoms. The van der Waals surface area contributed by atoms with E-state index in [1.807, 2.05) is 6.92 Å². The third-order valence-electron chi connectivity index (χ3n) is 3.82. The molecule has 0 fully saturated rings. The fraction of sp³-hybridized carbons (Fsp3) is 0.562. The second-order valence-corrected chi connectivity index (χ2v) is 5.67. The number of phenols is 2. The Labute approximate surface area is 124 Å². The average Bonchev–Trinajstić information content (AvgIpc) is 2.35. The maximum Gasteiger partial charge on any atom is 0.310 e. The smallest absolute Gasteiger partial charge is 0.310 e. The quantitative estimate of drug-likeness (QED) is 0.640. The van der Waals surface area contributed by atoms with Gasteiger partial charge in [-0.1, -0.05) is 12.8 Å². The highest BCUT2D eigenvalue weighted by molar-refractivity contribution is 5.74. The molecule has 2 atom stereocenters. The zero-order valence-corrected chi connectivity index (χ0v) is 12.2. The zero-order chi connectivity index (χ0) is 15.4. The number of ether oxygens (including phenoxy) is 1. The van der Waals surface area contributed by atoms with Crippen LogP contribution >= 0.6 is 0 Å². The number of esters is 1. The number of aromatic hydroxyl groups is 2. The van der Waals surface area contributed by atoms with E-state index in [2.05, 4.69) is 0 Å². The monoisotopic (exact) mass is 294 g/mol. The van der Waals surface area contributed by atoms with Gasteiger partial charge in [0.15, 0.2) is 0 Å². The fourth-order valence-electron chi connectivity index (χ4n) is 2.78. The van der Waals surface area contributed by atoms with Crippen molar-refractivity contribution in [1.29, 1.82) is 0 Å². The number of phenolic OH excluding ortho intramolecular Hbond substituents is 2. The van der Waals surface area contributed by atoms with E-state index in [0.29, 0.717) is 17.5 Å². The molecule has 1 aliphatic rings. The lowest BCUT2D eigenvalue weighted by Gasteiger charge is -2.20. The normalized spacial score (nSPS) is 24.4. The molecule has 0 aromatic heterocycles. The van der Waals surface area contributed by atoms with E-state index in [9.17, 15) is 20.1 Å². The number of rotatable bonds is 0. The summed E-state index contributed by atoms with van der Waals surface area (Å²) in [5.41, 5.74) is 0.732. The first kappa shape index (κ1) is 15.6. The second-order valence-electron chi connectivity index (χ2n) is 5.67. The molecule has 0 saturated heterocycles. The predicted octanol–water partition coefficient (Wildman–Crippen LogP) is 2.57. The maximum absolute atomic E-state index is 11.9. The summed E-state index contributed by atoms with van der Waals surface area (Å²) in [5.74, 6) is -0.733. The van der Waals surface area contributed by atoms with Crippen molar-refractivity contribution in [2.24, 2.45) is 0 Å². The third-order valence-corrected chi connectivity index (χ3v) is 3.82. The fourth-order valence-corrected chi connectivity index (χ4v) is 2.78. The van der Waals surface area contributed by atoms with Crippen molar-refractivity contribution in [1.82, 2.24) is 0 Å². The number of cyclic esters (lactones) is 1. The predicted molar refractivity (Wildman–Crippen MR) is 77.1 cm³/mol. The molecule has 0 unspecified atom stereocenters. The number of hydrogen-bond donors (Lipinski definition) is 3. The maximum atomic E-state index is 11.9. The van der Waals surface area contributed by atoms with E-state index < -0.39 is 12.1 Å². The molecule has 0 saturated carbocycles. The first-order valence-corrected chi connectivity index (χ1v) is 7.39. The van der Waals surface area contributed by atoms with Crippen LogP contribution in [0.3, 0.4) is 0 Å². The summed E-state index contributed by atoms with van der Waals surface area (Å²) in [4.78, 5) is 11.9. The molecular weight excluding hydrogens is 272 g/mol. The molecule has 1 aliphatic heterocycles. The van der Waals surface area contributed by atoms with Crippen molar-refractivity contribution >= 4 is 5.97 Å². The van der Waals surface area contributed by atoms with Gasteiger partial charge in [-0.3, -0.25) is 4.79 Å². The SMILES string of the molecule is C[C@H]1CCCCC[C@H](O)c2c(O)cc(O)cc2CC(=O)O1. The zero-order valence-electron chi connectivity index (χ0n) is 12.2. The minimum Gasteiger partial charge on any atom is -0.508 e. The topological polar surface area (TPSA) is 87.0 Å². The van der Waals surface area contributed by atoms with Crippen LogP contribution in [-0.2, 0) is 16.0 Å². The van der Waals surface area contributed by atoms with Crippen molar-refractivity contribution in [3.8, 4) is 11.5 Å². The van der Waals surface area contributed by atoms with Gasteiger partial charge in [-0.15, -0.1) is 0 Å². The lowest BCUT2D eigenvalue weighted by Crippen LogP contribution is -2.18. The molecule has 2 rings (SSSR count). The van der Waals surface area contributed by atoms with Crippen LogP contribution in [0.5, 0.6) is 11.5 Å². The van der Waals surface area contributed by atoms with E-state index in [-0.39, 0.29) is 24.0 Å². The van der Waals surface area contributed by atoms with Gasteiger partial charge < -0.3 is 20.1 Å². The Morgan fingerprint density at radius 2 is 1.86 bits per heavy atom. The Morgan fingerprint density at radius 1 is 1.14 bits per heavy atom. The van der Waals surface area contributed by atoms with Crippen LogP contribution in [0.2, 0.25) is 0 Å². The van der Waals surface area contributed by atoms with Gasteiger partial charge in [0.25, 0.3) is 0 Å². The molecule has 3 N–H and O–H groups in total. The van der Waals surface area contributed by atoms with E-state index >= 15 is 0 Å². The lowest BCUT2D eigenvalue weighted by molar-refractivity contribution is -0.147. The number of aliphatic hydroxyl groups is 1. The minimum atomic E-state index is -0.842. The van der Waals surface area contributed by atoms with Gasteiger partial charge in [-0.25, -0.2) is 0 Å². The summed E-state index contributed by atoms with van der Waals surface area (Å²) in [6.07, 6.45) is 2.99. The summed E-state index contributed by atoms with van der Waals surface area (Å²) in [7, 11) is 0. The molecular formula is C16H22O5. The Kier molecular flexibility index (Phi) is 5.07. The molecule has 0 amide bonds. The highest BCUT2D eigenvalue weighted by atomic mass is 16.5. The molecule has 1 heterocycles. The van der Waals surface area contributed by atoms with Crippen LogP contribution in [0.25, 0.3) is 0 Å². The van der Waals surface area contributed by atoms with Crippen LogP contribution in [0, 0.1) is 0 Å². The first-order chi connectivity index (χ1) is 9.97. The van der Waals surface area contributed by atoms with Gasteiger partial charge in [0.05, 0.1) is 18.6 Å². The van der Waals surface area contributed by atoms with Crippen LogP contribution in [0.4, 0.5) is 0 Å². The van der Waals surface area contributed by atoms with Crippen molar-refractivity contribution in [3.63, 3.8) is 0 Å². The summed E-state index contributed by atoms with van der Waals surface area (Å²) >= 11 is 0. The molecule has 0 radical (unpaired) electrons. The number of carbonyl (C=O) groups is 1. The van der Waals surface area contributed by atoms with E-state index in [1.54, 1.807) is 0 Å². The van der Waals surface area contributed by atoms with Crippen molar-refractivity contribution < 1.29 is 24.9 Å². The van der Waals surface area contributed by atoms with Crippen LogP contribution in [0.15, 0.2) is 12.1 Å². The Bertz CT molecular complexity index is 512. The minimum absolute atomic E-state index is 0.0707. The number of benzene rings is 1. The molecule has 5 nitrogen and oxygen atoms in total. The molecule has 116 valence electrons. The highest BCUT2D eigenvalue weighted by Gasteiger charge is 2.22. The first-order valence-electron chi connectivity index (χ1n) is 7.39. The van der Waals surface area contributed by atoms with Crippen LogP contribution in [0.1, 0.15) is 56.3 Å². The highest BCUT2D eigenvalue weighted by Crippen LogP contribution is 2.35. The van der Waals surface area contributed by atoms with Crippen LogP contribution < -0.4 is 0 Å². The largest absolute Gasteiger partial charge is 0.508 e. The number of hydrogen-bond acceptors (Lipinski definition) is 5. The van der Waals surface area contributed by atoms with Gasteiger partial charge >= 0.3 is 5.97 Å². The molecule has 1 aromatic rings. The molecule has 21 heavy (non-hydrogen) atoms. The van der Waals surface area contributed by atoms with Gasteiger partial charge in [0, 0.05) is 11.6 Å². The number of aliphatic hydroxyl groups excluding tert-OH is 1. The second kappa shape index (κ2) is 6.80. The summed E-state index contributed by atoms with van der Waals surface area (Å²) in [6.45, 7) is 1.86. The van der Waals surface area contributed by atoms with Gasteiger partial charge in [0.2, 0.25) is 0 Å². The summed E-state index contributed by atoms with van der Waals surface area (Å²) in [5, 5.41) is 29.8. The third kappa shape index (κ3) is 4.11. The average molecular weight is 294 g/mol. The number of fused-ring (bicyclic) bond motifs is 1. The van der Waals surface area contributed by atoms with Gasteiger partial charge in [0.1, 0.15) is 11.5 Å². The Balaban J connectivity index is 2.34. The van der Waals surface area contributed by atoms with Crippen LogP contribution in [-0.4, -0.2) is 27.4 Å². The molecule has 0 aliphatic carbocycles. The molecule has 0 spiro atoms. The Morgan fingerprint density at radius 3 is 2.62 bits per heavy atom. The summed E-state index contributed by atoms with van der Waals surface area (Å²) in [6, 6.07) is 2.58. The van der Waals surface area contributed by atoms with Gasteiger partial charge in [-0.2, -0.15) is 0 Å². The molecule has 5 heteroatoms.